The van der Waals surface area contributed by atoms with Crippen molar-refractivity contribution >= 4 is 39.4 Å². The van der Waals surface area contributed by atoms with E-state index >= 15 is 0 Å². The van der Waals surface area contributed by atoms with Gasteiger partial charge in [-0.25, -0.2) is 5.43 Å². The first-order valence-corrected chi connectivity index (χ1v) is 7.93. The number of hydrazone groups is 1. The van der Waals surface area contributed by atoms with E-state index in [1.807, 2.05) is 18.2 Å². The van der Waals surface area contributed by atoms with Crippen LogP contribution in [0.5, 0.6) is 0 Å². The van der Waals surface area contributed by atoms with Crippen LogP contribution in [0.25, 0.3) is 0 Å². The molecule has 1 N–H and O–H groups in total. The fourth-order valence-electron chi connectivity index (χ4n) is 2.00. The van der Waals surface area contributed by atoms with Gasteiger partial charge in [-0.1, -0.05) is 6.92 Å². The Hall–Kier alpha value is -1.40. The highest BCUT2D eigenvalue weighted by Gasteiger charge is 2.36. The Morgan fingerprint density at radius 2 is 2.30 bits per heavy atom. The lowest BCUT2D eigenvalue weighted by molar-refractivity contribution is 0.0959. The predicted octanol–water partition coefficient (Wildman–Crippen LogP) is 3.99. The normalized spacial score (nSPS) is 21.3. The second-order valence-corrected chi connectivity index (χ2v) is 7.33. The molecule has 4 nitrogen and oxygen atoms in total. The van der Waals surface area contributed by atoms with Crippen LogP contribution in [0, 0.1) is 5.92 Å². The van der Waals surface area contributed by atoms with Crippen molar-refractivity contribution in [2.45, 2.75) is 19.3 Å². The summed E-state index contributed by atoms with van der Waals surface area (Å²) < 4.78 is 6.58. The van der Waals surface area contributed by atoms with Gasteiger partial charge in [0.25, 0.3) is 5.91 Å². The summed E-state index contributed by atoms with van der Waals surface area (Å²) in [5, 5.41) is 3.91. The minimum atomic E-state index is -0.223. The summed E-state index contributed by atoms with van der Waals surface area (Å²) in [5.74, 6) is 2.71. The largest absolute Gasteiger partial charge is 0.460 e. The lowest BCUT2D eigenvalue weighted by Gasteiger charge is -1.94. The van der Waals surface area contributed by atoms with Crippen LogP contribution in [0.4, 0.5) is 0 Å². The molecule has 1 aliphatic carbocycles. The van der Waals surface area contributed by atoms with Crippen LogP contribution in [0.15, 0.2) is 37.6 Å². The Bertz CT molecular complexity index is 662. The average Bonchev–Trinajstić information content (AvgIpc) is 2.82. The number of carbonyl (C=O) groups is 1. The molecule has 0 radical (unpaired) electrons. The molecule has 1 aliphatic rings. The van der Waals surface area contributed by atoms with Gasteiger partial charge in [0, 0.05) is 5.92 Å². The van der Waals surface area contributed by atoms with E-state index < -0.39 is 0 Å². The number of nitrogens with zero attached hydrogens (tertiary/aromatic N) is 1. The van der Waals surface area contributed by atoms with Gasteiger partial charge in [0.05, 0.1) is 14.9 Å². The molecule has 0 bridgehead atoms. The van der Waals surface area contributed by atoms with Crippen molar-refractivity contribution in [3.63, 3.8) is 0 Å². The van der Waals surface area contributed by atoms with Crippen LogP contribution in [0.2, 0.25) is 0 Å². The Morgan fingerprint density at radius 1 is 1.50 bits per heavy atom. The predicted molar refractivity (Wildman–Crippen MR) is 82.3 cm³/mol. The first-order chi connectivity index (χ1) is 9.63. The molecule has 1 amide bonds. The molecule has 2 aromatic rings. The summed E-state index contributed by atoms with van der Waals surface area (Å²) in [6, 6.07) is 7.43. The van der Waals surface area contributed by atoms with E-state index in [2.05, 4.69) is 33.4 Å². The summed E-state index contributed by atoms with van der Waals surface area (Å²) in [4.78, 5) is 12.4. The SMILES string of the molecule is C[C@@H]1C[C@@H]1c1ccc(/C=N\NC(=O)c2ccc(Br)s2)o1. The maximum Gasteiger partial charge on any atom is 0.281 e. The van der Waals surface area contributed by atoms with E-state index in [0.29, 0.717) is 22.5 Å². The van der Waals surface area contributed by atoms with Crippen molar-refractivity contribution in [3.8, 4) is 0 Å². The van der Waals surface area contributed by atoms with E-state index in [0.717, 1.165) is 9.55 Å². The molecule has 0 saturated heterocycles. The zero-order chi connectivity index (χ0) is 14.1. The van der Waals surface area contributed by atoms with Gasteiger partial charge in [-0.2, -0.15) is 5.10 Å². The molecule has 2 heterocycles. The molecule has 3 rings (SSSR count). The van der Waals surface area contributed by atoms with Crippen molar-refractivity contribution in [2.24, 2.45) is 11.0 Å². The van der Waals surface area contributed by atoms with Gasteiger partial charge in [0.15, 0.2) is 0 Å². The van der Waals surface area contributed by atoms with Crippen LogP contribution in [-0.4, -0.2) is 12.1 Å². The molecule has 2 atom stereocenters. The first kappa shape index (κ1) is 13.6. The maximum absolute atomic E-state index is 11.7. The zero-order valence-electron chi connectivity index (χ0n) is 10.8. The third-order valence-electron chi connectivity index (χ3n) is 3.28. The van der Waals surface area contributed by atoms with Crippen LogP contribution in [-0.2, 0) is 0 Å². The van der Waals surface area contributed by atoms with E-state index in [-0.39, 0.29) is 5.91 Å². The number of hydrogen-bond acceptors (Lipinski definition) is 4. The first-order valence-electron chi connectivity index (χ1n) is 6.32. The molecular formula is C14H13BrN2O2S. The van der Waals surface area contributed by atoms with E-state index in [1.165, 1.54) is 24.0 Å². The van der Waals surface area contributed by atoms with Crippen molar-refractivity contribution < 1.29 is 9.21 Å². The molecule has 1 saturated carbocycles. The monoisotopic (exact) mass is 352 g/mol. The Labute approximate surface area is 129 Å². The Morgan fingerprint density at radius 3 is 2.95 bits per heavy atom. The minimum absolute atomic E-state index is 0.223. The van der Waals surface area contributed by atoms with Gasteiger partial charge < -0.3 is 4.42 Å². The van der Waals surface area contributed by atoms with Crippen LogP contribution < -0.4 is 5.43 Å². The highest BCUT2D eigenvalue weighted by Crippen LogP contribution is 2.47. The quantitative estimate of drug-likeness (QED) is 0.667. The smallest absolute Gasteiger partial charge is 0.281 e. The van der Waals surface area contributed by atoms with Gasteiger partial charge in [-0.15, -0.1) is 11.3 Å². The average molecular weight is 353 g/mol. The molecule has 2 aromatic heterocycles. The van der Waals surface area contributed by atoms with Crippen LogP contribution >= 0.6 is 27.3 Å². The summed E-state index contributed by atoms with van der Waals surface area (Å²) in [5.41, 5.74) is 2.48. The lowest BCUT2D eigenvalue weighted by Crippen LogP contribution is -2.15. The molecule has 0 aromatic carbocycles. The molecular weight excluding hydrogens is 340 g/mol. The van der Waals surface area contributed by atoms with E-state index in [4.69, 9.17) is 4.42 Å². The minimum Gasteiger partial charge on any atom is -0.460 e. The van der Waals surface area contributed by atoms with Crippen molar-refractivity contribution in [3.05, 3.63) is 44.4 Å². The second kappa shape index (κ2) is 5.54. The Kier molecular flexibility index (Phi) is 3.76. The van der Waals surface area contributed by atoms with Crippen LogP contribution in [0.1, 0.15) is 40.5 Å². The lowest BCUT2D eigenvalue weighted by atomic mass is 10.3. The van der Waals surface area contributed by atoms with E-state index in [9.17, 15) is 4.79 Å². The van der Waals surface area contributed by atoms with Gasteiger partial charge >= 0.3 is 0 Å². The van der Waals surface area contributed by atoms with Crippen molar-refractivity contribution in [1.29, 1.82) is 0 Å². The highest BCUT2D eigenvalue weighted by atomic mass is 79.9. The third kappa shape index (κ3) is 3.02. The van der Waals surface area contributed by atoms with Gasteiger partial charge in [0.2, 0.25) is 0 Å². The maximum atomic E-state index is 11.7. The van der Waals surface area contributed by atoms with Gasteiger partial charge in [-0.05, 0) is 52.5 Å². The molecule has 20 heavy (non-hydrogen) atoms. The van der Waals surface area contributed by atoms with Gasteiger partial charge in [0.1, 0.15) is 11.5 Å². The number of thiophene rings is 1. The van der Waals surface area contributed by atoms with Gasteiger partial charge in [-0.3, -0.25) is 4.79 Å². The van der Waals surface area contributed by atoms with Crippen molar-refractivity contribution in [2.75, 3.05) is 0 Å². The molecule has 104 valence electrons. The number of nitrogens with one attached hydrogen (secondary N) is 1. The summed E-state index contributed by atoms with van der Waals surface area (Å²) in [6.07, 6.45) is 2.71. The number of rotatable bonds is 4. The summed E-state index contributed by atoms with van der Waals surface area (Å²) >= 11 is 4.68. The Balaban J connectivity index is 1.57. The number of amides is 1. The van der Waals surface area contributed by atoms with Crippen molar-refractivity contribution in [1.82, 2.24) is 5.43 Å². The summed E-state index contributed by atoms with van der Waals surface area (Å²) in [7, 11) is 0. The third-order valence-corrected chi connectivity index (χ3v) is 4.90. The highest BCUT2D eigenvalue weighted by molar-refractivity contribution is 9.11. The number of carbonyl (C=O) groups excluding carboxylic acids is 1. The molecule has 0 unspecified atom stereocenters. The fraction of sp³-hybridized carbons (Fsp3) is 0.286. The standard InChI is InChI=1S/C14H13BrN2O2S/c1-8-6-10(8)11-3-2-9(19-11)7-16-17-14(18)12-4-5-13(15)20-12/h2-5,7-8,10H,6H2,1H3,(H,17,18)/b16-7-/t8-,10+/m1/s1. The number of furan rings is 1. The number of hydrogen-bond donors (Lipinski definition) is 1. The molecule has 1 fully saturated rings. The number of halogens is 1. The van der Waals surface area contributed by atoms with Crippen LogP contribution in [0.3, 0.4) is 0 Å². The summed E-state index contributed by atoms with van der Waals surface area (Å²) in [6.45, 7) is 2.21. The molecule has 0 aliphatic heterocycles. The molecule has 6 heteroatoms. The second-order valence-electron chi connectivity index (χ2n) is 4.86. The topological polar surface area (TPSA) is 54.6 Å². The van der Waals surface area contributed by atoms with E-state index in [1.54, 1.807) is 6.07 Å². The zero-order valence-corrected chi connectivity index (χ0v) is 13.2. The fourth-order valence-corrected chi connectivity index (χ4v) is 3.28. The molecule has 0 spiro atoms.